The van der Waals surface area contributed by atoms with E-state index < -0.39 is 0 Å². The lowest BCUT2D eigenvalue weighted by molar-refractivity contribution is 0.208. The molecule has 32 heavy (non-hydrogen) atoms. The molecule has 3 aromatic rings. The van der Waals surface area contributed by atoms with Crippen LogP contribution in [-0.2, 0) is 0 Å². The lowest BCUT2D eigenvalue weighted by Gasteiger charge is -2.37. The summed E-state index contributed by atoms with van der Waals surface area (Å²) in [6.07, 6.45) is 0. The maximum atomic E-state index is 12.9. The largest absolute Gasteiger partial charge is 0.497 e. The molecule has 1 fully saturated rings. The molecule has 1 aromatic carbocycles. The molecule has 9 heteroatoms. The molecule has 1 N–H and O–H groups in total. The number of fused-ring (bicyclic) bond motifs is 1. The zero-order valence-corrected chi connectivity index (χ0v) is 19.1. The Kier molecular flexibility index (Phi) is 6.18. The number of anilines is 1. The minimum absolute atomic E-state index is 0.297. The predicted molar refractivity (Wildman–Crippen MR) is 124 cm³/mol. The standard InChI is InChI=1S/C23H29N5O4/c1-14(2)27-8-10-28(11-9-27)22-18(31-4)7-6-16(25-22)21-24-17-12-15(30-3)13-19(32-5)20(17)23(29)26-21/h6-7,12-14H,8-11H2,1-5H3,(H,24,26,29). The molecule has 0 atom stereocenters. The fourth-order valence-corrected chi connectivity index (χ4v) is 4.01. The number of aromatic amines is 1. The third kappa shape index (κ3) is 4.08. The van der Waals surface area contributed by atoms with Crippen LogP contribution in [0.4, 0.5) is 5.82 Å². The highest BCUT2D eigenvalue weighted by Gasteiger charge is 2.23. The second kappa shape index (κ2) is 9.04. The maximum Gasteiger partial charge on any atom is 0.262 e. The molecule has 1 saturated heterocycles. The van der Waals surface area contributed by atoms with Gasteiger partial charge in [0, 0.05) is 44.4 Å². The number of hydrogen-bond acceptors (Lipinski definition) is 8. The number of benzene rings is 1. The van der Waals surface area contributed by atoms with Gasteiger partial charge in [-0.15, -0.1) is 0 Å². The lowest BCUT2D eigenvalue weighted by atomic mass is 10.2. The number of pyridine rings is 1. The third-order valence-corrected chi connectivity index (χ3v) is 5.85. The highest BCUT2D eigenvalue weighted by molar-refractivity contribution is 5.87. The van der Waals surface area contributed by atoms with E-state index in [-0.39, 0.29) is 5.56 Å². The van der Waals surface area contributed by atoms with Crippen LogP contribution in [0, 0.1) is 0 Å². The van der Waals surface area contributed by atoms with E-state index in [4.69, 9.17) is 19.2 Å². The quantitative estimate of drug-likeness (QED) is 0.626. The Hall–Kier alpha value is -3.33. The molecule has 0 bridgehead atoms. The molecule has 0 unspecified atom stereocenters. The van der Waals surface area contributed by atoms with Crippen molar-refractivity contribution in [3.63, 3.8) is 0 Å². The van der Waals surface area contributed by atoms with Crippen molar-refractivity contribution in [3.8, 4) is 28.8 Å². The van der Waals surface area contributed by atoms with Crippen LogP contribution in [0.15, 0.2) is 29.1 Å². The van der Waals surface area contributed by atoms with Crippen molar-refractivity contribution < 1.29 is 14.2 Å². The Morgan fingerprint density at radius 2 is 1.66 bits per heavy atom. The molecule has 0 radical (unpaired) electrons. The summed E-state index contributed by atoms with van der Waals surface area (Å²) in [6.45, 7) is 8.03. The van der Waals surface area contributed by atoms with Gasteiger partial charge in [0.2, 0.25) is 0 Å². The Labute approximate surface area is 186 Å². The first-order chi connectivity index (χ1) is 15.4. The van der Waals surface area contributed by atoms with Gasteiger partial charge in [-0.1, -0.05) is 0 Å². The van der Waals surface area contributed by atoms with E-state index >= 15 is 0 Å². The predicted octanol–water partition coefficient (Wildman–Crippen LogP) is 2.54. The van der Waals surface area contributed by atoms with Crippen LogP contribution in [0.5, 0.6) is 17.2 Å². The highest BCUT2D eigenvalue weighted by Crippen LogP contribution is 2.31. The number of H-pyrrole nitrogens is 1. The van der Waals surface area contributed by atoms with E-state index in [0.717, 1.165) is 32.0 Å². The molecule has 0 aliphatic carbocycles. The summed E-state index contributed by atoms with van der Waals surface area (Å²) < 4.78 is 16.3. The Balaban J connectivity index is 1.75. The molecule has 3 heterocycles. The normalized spacial score (nSPS) is 14.8. The topological polar surface area (TPSA) is 92.8 Å². The number of piperazine rings is 1. The minimum Gasteiger partial charge on any atom is -0.497 e. The second-order valence-electron chi connectivity index (χ2n) is 7.98. The molecule has 0 spiro atoms. The molecule has 1 aliphatic rings. The Morgan fingerprint density at radius 1 is 0.938 bits per heavy atom. The van der Waals surface area contributed by atoms with Gasteiger partial charge in [0.1, 0.15) is 22.6 Å². The molecule has 2 aromatic heterocycles. The molecular formula is C23H29N5O4. The number of rotatable bonds is 6. The van der Waals surface area contributed by atoms with Gasteiger partial charge in [-0.3, -0.25) is 9.69 Å². The van der Waals surface area contributed by atoms with Gasteiger partial charge < -0.3 is 24.1 Å². The zero-order chi connectivity index (χ0) is 22.8. The number of ether oxygens (including phenoxy) is 3. The van der Waals surface area contributed by atoms with E-state index in [2.05, 4.69) is 33.6 Å². The van der Waals surface area contributed by atoms with Crippen LogP contribution in [0.25, 0.3) is 22.4 Å². The summed E-state index contributed by atoms with van der Waals surface area (Å²) in [5.41, 5.74) is 0.742. The van der Waals surface area contributed by atoms with Crippen LogP contribution in [0.2, 0.25) is 0 Å². The Morgan fingerprint density at radius 3 is 2.28 bits per heavy atom. The molecular weight excluding hydrogens is 410 g/mol. The van der Waals surface area contributed by atoms with Crippen molar-refractivity contribution in [2.24, 2.45) is 0 Å². The SMILES string of the molecule is COc1cc(OC)c2c(=O)[nH]c(-c3ccc(OC)c(N4CCN(C(C)C)CC4)n3)nc2c1. The van der Waals surface area contributed by atoms with Crippen molar-refractivity contribution >= 4 is 16.7 Å². The van der Waals surface area contributed by atoms with Crippen LogP contribution in [0.3, 0.4) is 0 Å². The van der Waals surface area contributed by atoms with E-state index in [0.29, 0.717) is 45.7 Å². The van der Waals surface area contributed by atoms with Gasteiger partial charge in [0.05, 0.1) is 26.8 Å². The first-order valence-electron chi connectivity index (χ1n) is 10.7. The number of nitrogens with one attached hydrogen (secondary N) is 1. The van der Waals surface area contributed by atoms with Gasteiger partial charge in [-0.05, 0) is 26.0 Å². The van der Waals surface area contributed by atoms with Crippen molar-refractivity contribution in [2.75, 3.05) is 52.4 Å². The third-order valence-electron chi connectivity index (χ3n) is 5.85. The molecule has 170 valence electrons. The van der Waals surface area contributed by atoms with E-state index in [1.807, 2.05) is 6.07 Å². The average molecular weight is 440 g/mol. The lowest BCUT2D eigenvalue weighted by Crippen LogP contribution is -2.49. The highest BCUT2D eigenvalue weighted by atomic mass is 16.5. The van der Waals surface area contributed by atoms with Crippen molar-refractivity contribution in [2.45, 2.75) is 19.9 Å². The van der Waals surface area contributed by atoms with Gasteiger partial charge in [0.25, 0.3) is 5.56 Å². The van der Waals surface area contributed by atoms with Crippen LogP contribution < -0.4 is 24.7 Å². The van der Waals surface area contributed by atoms with Gasteiger partial charge in [-0.25, -0.2) is 9.97 Å². The van der Waals surface area contributed by atoms with E-state index in [1.54, 1.807) is 32.4 Å². The van der Waals surface area contributed by atoms with Crippen molar-refractivity contribution in [1.29, 1.82) is 0 Å². The van der Waals surface area contributed by atoms with Crippen LogP contribution in [0.1, 0.15) is 13.8 Å². The zero-order valence-electron chi connectivity index (χ0n) is 19.1. The maximum absolute atomic E-state index is 12.9. The Bertz CT molecular complexity index is 1170. The van der Waals surface area contributed by atoms with Crippen LogP contribution in [-0.4, -0.2) is 73.4 Å². The first kappa shape index (κ1) is 21.9. The van der Waals surface area contributed by atoms with E-state index in [9.17, 15) is 4.79 Å². The monoisotopic (exact) mass is 439 g/mol. The van der Waals surface area contributed by atoms with Crippen LogP contribution >= 0.6 is 0 Å². The number of nitrogens with zero attached hydrogens (tertiary/aromatic N) is 4. The smallest absolute Gasteiger partial charge is 0.262 e. The summed E-state index contributed by atoms with van der Waals surface area (Å²) >= 11 is 0. The number of aromatic nitrogens is 3. The molecule has 0 saturated carbocycles. The van der Waals surface area contributed by atoms with Gasteiger partial charge in [0.15, 0.2) is 17.4 Å². The number of hydrogen-bond donors (Lipinski definition) is 1. The van der Waals surface area contributed by atoms with Crippen molar-refractivity contribution in [1.82, 2.24) is 19.9 Å². The molecule has 4 rings (SSSR count). The molecule has 0 amide bonds. The minimum atomic E-state index is -0.297. The summed E-state index contributed by atoms with van der Waals surface area (Å²) in [5.74, 6) is 2.79. The van der Waals surface area contributed by atoms with Crippen molar-refractivity contribution in [3.05, 3.63) is 34.6 Å². The summed E-state index contributed by atoms with van der Waals surface area (Å²) in [4.78, 5) is 29.9. The van der Waals surface area contributed by atoms with Gasteiger partial charge in [-0.2, -0.15) is 0 Å². The first-order valence-corrected chi connectivity index (χ1v) is 10.7. The fraction of sp³-hybridized carbons (Fsp3) is 0.435. The molecule has 9 nitrogen and oxygen atoms in total. The summed E-state index contributed by atoms with van der Waals surface area (Å²) in [5, 5.41) is 0.371. The van der Waals surface area contributed by atoms with Gasteiger partial charge >= 0.3 is 0 Å². The molecule has 1 aliphatic heterocycles. The summed E-state index contributed by atoms with van der Waals surface area (Å²) in [6, 6.07) is 7.56. The second-order valence-corrected chi connectivity index (χ2v) is 7.98. The number of methoxy groups -OCH3 is 3. The fourth-order valence-electron chi connectivity index (χ4n) is 4.01. The summed E-state index contributed by atoms with van der Waals surface area (Å²) in [7, 11) is 4.71. The average Bonchev–Trinajstić information content (AvgIpc) is 2.82. The van der Waals surface area contributed by atoms with E-state index in [1.165, 1.54) is 7.11 Å².